The molecule has 1 fully saturated rings. The van der Waals surface area contributed by atoms with E-state index in [9.17, 15) is 4.79 Å². The van der Waals surface area contributed by atoms with E-state index in [1.54, 1.807) is 18.2 Å². The molecule has 0 bridgehead atoms. The van der Waals surface area contributed by atoms with Gasteiger partial charge in [-0.3, -0.25) is 4.79 Å². The Morgan fingerprint density at radius 1 is 1.37 bits per heavy atom. The molecule has 0 spiro atoms. The van der Waals surface area contributed by atoms with Crippen molar-refractivity contribution in [1.29, 1.82) is 0 Å². The van der Waals surface area contributed by atoms with Crippen LogP contribution in [0.3, 0.4) is 0 Å². The van der Waals surface area contributed by atoms with Crippen LogP contribution < -0.4 is 0 Å². The Morgan fingerprint density at radius 2 is 2.11 bits per heavy atom. The van der Waals surface area contributed by atoms with E-state index in [0.29, 0.717) is 28.6 Å². The molecule has 1 amide bonds. The van der Waals surface area contributed by atoms with Crippen molar-refractivity contribution < 1.29 is 9.90 Å². The van der Waals surface area contributed by atoms with E-state index < -0.39 is 0 Å². The number of rotatable bonds is 5. The zero-order chi connectivity index (χ0) is 13.8. The predicted molar refractivity (Wildman–Crippen MR) is 76.8 cm³/mol. The third kappa shape index (κ3) is 3.22. The maximum Gasteiger partial charge on any atom is 0.255 e. The first-order valence-electron chi connectivity index (χ1n) is 6.51. The minimum atomic E-state index is -0.0920. The molecule has 1 saturated carbocycles. The number of hydrogen-bond acceptors (Lipinski definition) is 2. The molecule has 1 aliphatic carbocycles. The maximum absolute atomic E-state index is 12.6. The smallest absolute Gasteiger partial charge is 0.255 e. The van der Waals surface area contributed by atoms with Gasteiger partial charge < -0.3 is 10.0 Å². The van der Waals surface area contributed by atoms with E-state index in [-0.39, 0.29) is 18.6 Å². The van der Waals surface area contributed by atoms with Crippen molar-refractivity contribution in [3.05, 3.63) is 33.8 Å². The zero-order valence-electron chi connectivity index (χ0n) is 10.6. The van der Waals surface area contributed by atoms with E-state index in [1.165, 1.54) is 0 Å². The van der Waals surface area contributed by atoms with Crippen molar-refractivity contribution in [2.45, 2.75) is 31.7 Å². The third-order valence-corrected chi connectivity index (χ3v) is 4.33. The summed E-state index contributed by atoms with van der Waals surface area (Å²) in [6.45, 7) is 0.641. The fraction of sp³-hybridized carbons (Fsp3) is 0.500. The van der Waals surface area contributed by atoms with E-state index in [2.05, 4.69) is 0 Å². The van der Waals surface area contributed by atoms with Crippen LogP contribution in [0.4, 0.5) is 0 Å². The quantitative estimate of drug-likeness (QED) is 0.906. The summed E-state index contributed by atoms with van der Waals surface area (Å²) in [5.41, 5.74) is 0.444. The highest BCUT2D eigenvalue weighted by Crippen LogP contribution is 2.30. The van der Waals surface area contributed by atoms with E-state index in [4.69, 9.17) is 28.3 Å². The highest BCUT2D eigenvalue weighted by Gasteiger charge is 2.30. The SMILES string of the molecule is O=C(c1cccc(Cl)c1Cl)N(CCCO)C1CCC1. The largest absolute Gasteiger partial charge is 0.396 e. The first-order chi connectivity index (χ1) is 9.15. The number of carbonyl (C=O) groups is 1. The van der Waals surface area contributed by atoms with Crippen LogP contribution in [0.2, 0.25) is 10.0 Å². The molecule has 1 aliphatic rings. The average Bonchev–Trinajstić information content (AvgIpc) is 2.34. The Bertz CT molecular complexity index is 461. The first kappa shape index (κ1) is 14.6. The van der Waals surface area contributed by atoms with Crippen LogP contribution in [0.25, 0.3) is 0 Å². The van der Waals surface area contributed by atoms with E-state index in [1.807, 2.05) is 4.90 Å². The van der Waals surface area contributed by atoms with Crippen LogP contribution in [0.1, 0.15) is 36.0 Å². The molecule has 0 aromatic heterocycles. The van der Waals surface area contributed by atoms with Gasteiger partial charge in [-0.05, 0) is 37.8 Å². The second-order valence-electron chi connectivity index (χ2n) is 4.76. The number of halogens is 2. The molecule has 0 aliphatic heterocycles. The van der Waals surface area contributed by atoms with Gasteiger partial charge in [0.25, 0.3) is 5.91 Å². The van der Waals surface area contributed by atoms with Crippen molar-refractivity contribution >= 4 is 29.1 Å². The zero-order valence-corrected chi connectivity index (χ0v) is 12.1. The Balaban J connectivity index is 2.20. The van der Waals surface area contributed by atoms with Gasteiger partial charge in [0.2, 0.25) is 0 Å². The highest BCUT2D eigenvalue weighted by atomic mass is 35.5. The Labute approximate surface area is 123 Å². The number of carbonyl (C=O) groups excluding carboxylic acids is 1. The molecular weight excluding hydrogens is 285 g/mol. The molecule has 0 radical (unpaired) electrons. The molecule has 0 heterocycles. The van der Waals surface area contributed by atoms with Gasteiger partial charge in [-0.2, -0.15) is 0 Å². The number of aliphatic hydroxyl groups is 1. The molecule has 104 valence electrons. The molecule has 3 nitrogen and oxygen atoms in total. The monoisotopic (exact) mass is 301 g/mol. The van der Waals surface area contributed by atoms with Crippen molar-refractivity contribution in [2.75, 3.05) is 13.2 Å². The van der Waals surface area contributed by atoms with Gasteiger partial charge in [0.1, 0.15) is 0 Å². The van der Waals surface area contributed by atoms with Crippen LogP contribution in [0.5, 0.6) is 0 Å². The molecule has 19 heavy (non-hydrogen) atoms. The van der Waals surface area contributed by atoms with Gasteiger partial charge >= 0.3 is 0 Å². The Hall–Kier alpha value is -0.770. The van der Waals surface area contributed by atoms with Crippen molar-refractivity contribution in [3.8, 4) is 0 Å². The van der Waals surface area contributed by atoms with Crippen LogP contribution in [0.15, 0.2) is 18.2 Å². The normalized spacial score (nSPS) is 15.1. The lowest BCUT2D eigenvalue weighted by molar-refractivity contribution is 0.0562. The second kappa shape index (κ2) is 6.60. The van der Waals surface area contributed by atoms with Gasteiger partial charge in [0, 0.05) is 19.2 Å². The summed E-state index contributed by atoms with van der Waals surface area (Å²) >= 11 is 12.1. The molecule has 0 saturated heterocycles. The Morgan fingerprint density at radius 3 is 2.68 bits per heavy atom. The van der Waals surface area contributed by atoms with Crippen LogP contribution in [0, 0.1) is 0 Å². The Kier molecular flexibility index (Phi) is 5.08. The molecule has 1 aromatic carbocycles. The van der Waals surface area contributed by atoms with Gasteiger partial charge in [0.15, 0.2) is 0 Å². The third-order valence-electron chi connectivity index (χ3n) is 3.52. The summed E-state index contributed by atoms with van der Waals surface area (Å²) in [5, 5.41) is 9.65. The molecule has 2 rings (SSSR count). The molecule has 0 unspecified atom stereocenters. The van der Waals surface area contributed by atoms with Crippen molar-refractivity contribution in [3.63, 3.8) is 0 Å². The number of nitrogens with zero attached hydrogens (tertiary/aromatic N) is 1. The lowest BCUT2D eigenvalue weighted by atomic mass is 9.90. The summed E-state index contributed by atoms with van der Waals surface area (Å²) < 4.78 is 0. The van der Waals surface area contributed by atoms with Crippen LogP contribution in [-0.4, -0.2) is 35.1 Å². The van der Waals surface area contributed by atoms with Crippen LogP contribution in [-0.2, 0) is 0 Å². The maximum atomic E-state index is 12.6. The van der Waals surface area contributed by atoms with Gasteiger partial charge in [0.05, 0.1) is 15.6 Å². The van der Waals surface area contributed by atoms with Gasteiger partial charge in [-0.25, -0.2) is 0 Å². The molecule has 0 atom stereocenters. The van der Waals surface area contributed by atoms with Gasteiger partial charge in [-0.1, -0.05) is 29.3 Å². The van der Waals surface area contributed by atoms with Crippen molar-refractivity contribution in [1.82, 2.24) is 4.90 Å². The minimum absolute atomic E-state index is 0.0831. The molecule has 5 heteroatoms. The fourth-order valence-electron chi connectivity index (χ4n) is 2.21. The lowest BCUT2D eigenvalue weighted by Crippen LogP contribution is -2.45. The van der Waals surface area contributed by atoms with Crippen molar-refractivity contribution in [2.24, 2.45) is 0 Å². The lowest BCUT2D eigenvalue weighted by Gasteiger charge is -2.37. The number of aliphatic hydroxyl groups excluding tert-OH is 1. The summed E-state index contributed by atoms with van der Waals surface area (Å²) in [5.74, 6) is -0.0920. The summed E-state index contributed by atoms with van der Waals surface area (Å²) in [4.78, 5) is 14.4. The number of hydrogen-bond donors (Lipinski definition) is 1. The number of benzene rings is 1. The number of amides is 1. The van der Waals surface area contributed by atoms with Crippen LogP contribution >= 0.6 is 23.2 Å². The fourth-order valence-corrected chi connectivity index (χ4v) is 2.59. The first-order valence-corrected chi connectivity index (χ1v) is 7.26. The van der Waals surface area contributed by atoms with Gasteiger partial charge in [-0.15, -0.1) is 0 Å². The molecule has 1 N–H and O–H groups in total. The summed E-state index contributed by atoms with van der Waals surface area (Å²) in [6.07, 6.45) is 3.78. The highest BCUT2D eigenvalue weighted by molar-refractivity contribution is 6.43. The predicted octanol–water partition coefficient (Wildman–Crippen LogP) is 3.37. The summed E-state index contributed by atoms with van der Waals surface area (Å²) in [6, 6.07) is 5.37. The summed E-state index contributed by atoms with van der Waals surface area (Å²) in [7, 11) is 0. The minimum Gasteiger partial charge on any atom is -0.396 e. The molecule has 1 aromatic rings. The standard InChI is InChI=1S/C14H17Cl2NO2/c15-12-7-2-6-11(13(12)16)14(19)17(8-3-9-18)10-4-1-5-10/h2,6-7,10,18H,1,3-5,8-9H2. The van der Waals surface area contributed by atoms with E-state index in [0.717, 1.165) is 19.3 Å². The second-order valence-corrected chi connectivity index (χ2v) is 5.55. The topological polar surface area (TPSA) is 40.5 Å². The average molecular weight is 302 g/mol. The molecular formula is C14H17Cl2NO2. The van der Waals surface area contributed by atoms with E-state index >= 15 is 0 Å².